The van der Waals surface area contributed by atoms with Crippen LogP contribution in [0.1, 0.15) is 26.7 Å². The summed E-state index contributed by atoms with van der Waals surface area (Å²) in [4.78, 5) is 9.94. The van der Waals surface area contributed by atoms with Crippen molar-refractivity contribution in [3.63, 3.8) is 0 Å². The molecular weight excluding hydrogens is 166 g/mol. The highest BCUT2D eigenvalue weighted by Gasteiger charge is 1.99. The van der Waals surface area contributed by atoms with Crippen LogP contribution in [0.3, 0.4) is 0 Å². The van der Waals surface area contributed by atoms with Crippen LogP contribution >= 0.6 is 0 Å². The first-order chi connectivity index (χ1) is 6.20. The van der Waals surface area contributed by atoms with Crippen LogP contribution < -0.4 is 16.4 Å². The molecule has 0 saturated carbocycles. The van der Waals surface area contributed by atoms with E-state index in [1.807, 2.05) is 19.9 Å². The molecular formula is C9H19N3O. The highest BCUT2D eigenvalue weighted by atomic mass is 16.1. The average molecular weight is 185 g/mol. The van der Waals surface area contributed by atoms with Crippen molar-refractivity contribution in [1.29, 1.82) is 0 Å². The third-order valence-electron chi connectivity index (χ3n) is 1.64. The van der Waals surface area contributed by atoms with Gasteiger partial charge in [0.1, 0.15) is 0 Å². The number of rotatable bonds is 7. The van der Waals surface area contributed by atoms with Gasteiger partial charge in [-0.3, -0.25) is 4.79 Å². The Morgan fingerprint density at radius 3 is 2.85 bits per heavy atom. The van der Waals surface area contributed by atoms with Crippen molar-refractivity contribution < 1.29 is 4.79 Å². The summed E-state index contributed by atoms with van der Waals surface area (Å²) in [7, 11) is 0. The van der Waals surface area contributed by atoms with Crippen LogP contribution in [-0.2, 0) is 4.79 Å². The highest BCUT2D eigenvalue weighted by molar-refractivity contribution is 5.45. The molecule has 4 nitrogen and oxygen atoms in total. The molecule has 0 aliphatic rings. The van der Waals surface area contributed by atoms with Crippen molar-refractivity contribution in [1.82, 2.24) is 10.6 Å². The Kier molecular flexibility index (Phi) is 6.78. The summed E-state index contributed by atoms with van der Waals surface area (Å²) in [5.41, 5.74) is 5.65. The molecule has 76 valence electrons. The van der Waals surface area contributed by atoms with Gasteiger partial charge in [-0.2, -0.15) is 0 Å². The molecule has 1 amide bonds. The molecule has 13 heavy (non-hydrogen) atoms. The zero-order chi connectivity index (χ0) is 10.1. The summed E-state index contributed by atoms with van der Waals surface area (Å²) in [5.74, 6) is 0.709. The number of hydrogen-bond donors (Lipinski definition) is 3. The lowest BCUT2D eigenvalue weighted by Crippen LogP contribution is -2.32. The van der Waals surface area contributed by atoms with Crippen LogP contribution in [0.15, 0.2) is 11.9 Å². The fraction of sp³-hybridized carbons (Fsp3) is 0.667. The molecule has 0 aliphatic carbocycles. The molecule has 4 heteroatoms. The first kappa shape index (κ1) is 11.8. The van der Waals surface area contributed by atoms with Crippen molar-refractivity contribution in [2.45, 2.75) is 32.7 Å². The number of allylic oxidation sites excluding steroid dienone is 1. The van der Waals surface area contributed by atoms with Gasteiger partial charge in [0, 0.05) is 12.6 Å². The molecule has 0 radical (unpaired) electrons. The fourth-order valence-electron chi connectivity index (χ4n) is 0.994. The molecule has 0 aromatic rings. The quantitative estimate of drug-likeness (QED) is 0.395. The molecule has 0 spiro atoms. The molecule has 0 fully saturated rings. The first-order valence-electron chi connectivity index (χ1n) is 4.59. The summed E-state index contributed by atoms with van der Waals surface area (Å²) in [5, 5.41) is 5.73. The number of amides is 1. The summed E-state index contributed by atoms with van der Waals surface area (Å²) in [6.07, 6.45) is 4.44. The van der Waals surface area contributed by atoms with E-state index in [0.717, 1.165) is 12.8 Å². The largest absolute Gasteiger partial charge is 0.386 e. The smallest absolute Gasteiger partial charge is 0.207 e. The lowest BCUT2D eigenvalue weighted by atomic mass is 10.2. The molecule has 0 saturated heterocycles. The number of hydrogen-bond acceptors (Lipinski definition) is 3. The third-order valence-corrected chi connectivity index (χ3v) is 1.64. The van der Waals surface area contributed by atoms with Gasteiger partial charge in [-0.1, -0.05) is 6.92 Å². The highest BCUT2D eigenvalue weighted by Crippen LogP contribution is 1.92. The molecule has 1 unspecified atom stereocenters. The Hall–Kier alpha value is -1.19. The zero-order valence-electron chi connectivity index (χ0n) is 8.34. The van der Waals surface area contributed by atoms with E-state index in [1.54, 1.807) is 0 Å². The van der Waals surface area contributed by atoms with Gasteiger partial charge in [-0.25, -0.2) is 0 Å². The molecule has 0 rings (SSSR count). The minimum atomic E-state index is 0.287. The van der Waals surface area contributed by atoms with Crippen LogP contribution in [0.5, 0.6) is 0 Å². The minimum Gasteiger partial charge on any atom is -0.386 e. The molecule has 0 bridgehead atoms. The van der Waals surface area contributed by atoms with Gasteiger partial charge >= 0.3 is 0 Å². The summed E-state index contributed by atoms with van der Waals surface area (Å²) < 4.78 is 0. The Bertz CT molecular complexity index is 168. The lowest BCUT2D eigenvalue weighted by molar-refractivity contribution is -0.109. The normalized spacial score (nSPS) is 13.5. The summed E-state index contributed by atoms with van der Waals surface area (Å²) >= 11 is 0. The van der Waals surface area contributed by atoms with E-state index < -0.39 is 0 Å². The Morgan fingerprint density at radius 1 is 1.62 bits per heavy atom. The monoisotopic (exact) mass is 185 g/mol. The van der Waals surface area contributed by atoms with Gasteiger partial charge in [-0.05, 0) is 25.8 Å². The number of carbonyl (C=O) groups excluding carboxylic acids is 1. The Morgan fingerprint density at radius 2 is 2.31 bits per heavy atom. The average Bonchev–Trinajstić information content (AvgIpc) is 2.05. The maximum Gasteiger partial charge on any atom is 0.207 e. The lowest BCUT2D eigenvalue weighted by Gasteiger charge is -2.14. The van der Waals surface area contributed by atoms with Crippen LogP contribution in [-0.4, -0.2) is 19.0 Å². The van der Waals surface area contributed by atoms with Gasteiger partial charge in [-0.15, -0.1) is 0 Å². The van der Waals surface area contributed by atoms with E-state index >= 15 is 0 Å². The fourth-order valence-corrected chi connectivity index (χ4v) is 0.994. The molecule has 1 atom stereocenters. The molecule has 0 aromatic heterocycles. The zero-order valence-corrected chi connectivity index (χ0v) is 8.34. The van der Waals surface area contributed by atoms with E-state index in [4.69, 9.17) is 5.73 Å². The molecule has 0 aliphatic heterocycles. The molecule has 0 aromatic carbocycles. The van der Waals surface area contributed by atoms with Crippen molar-refractivity contribution >= 4 is 6.41 Å². The van der Waals surface area contributed by atoms with Crippen molar-refractivity contribution in [2.75, 3.05) is 6.54 Å². The van der Waals surface area contributed by atoms with E-state index in [-0.39, 0.29) is 6.04 Å². The van der Waals surface area contributed by atoms with Crippen LogP contribution in [0.4, 0.5) is 0 Å². The van der Waals surface area contributed by atoms with Crippen molar-refractivity contribution in [2.24, 2.45) is 5.73 Å². The minimum absolute atomic E-state index is 0.287. The standard InChI is InChI=1S/C9H19N3O/c1-3-4-9(10)12-8(2)5-6-11-7-13/h4,7-8,12H,3,5-6,10H2,1-2H3,(H,11,13)/b9-4-. The van der Waals surface area contributed by atoms with E-state index in [0.29, 0.717) is 18.8 Å². The predicted octanol–water partition coefficient (Wildman–Crippen LogP) is 0.311. The van der Waals surface area contributed by atoms with Gasteiger partial charge < -0.3 is 16.4 Å². The van der Waals surface area contributed by atoms with Gasteiger partial charge in [0.25, 0.3) is 0 Å². The Labute approximate surface area is 79.6 Å². The SMILES string of the molecule is CC/C=C(/N)NC(C)CCNC=O. The van der Waals surface area contributed by atoms with E-state index in [1.165, 1.54) is 0 Å². The van der Waals surface area contributed by atoms with Crippen LogP contribution in [0, 0.1) is 0 Å². The second kappa shape index (κ2) is 7.46. The van der Waals surface area contributed by atoms with Gasteiger partial charge in [0.05, 0.1) is 5.82 Å². The van der Waals surface area contributed by atoms with Crippen LogP contribution in [0.25, 0.3) is 0 Å². The van der Waals surface area contributed by atoms with Gasteiger partial charge in [0.2, 0.25) is 6.41 Å². The van der Waals surface area contributed by atoms with Crippen molar-refractivity contribution in [3.8, 4) is 0 Å². The maximum atomic E-state index is 9.94. The first-order valence-corrected chi connectivity index (χ1v) is 4.59. The maximum absolute atomic E-state index is 9.94. The number of carbonyl (C=O) groups is 1. The third kappa shape index (κ3) is 7.18. The second-order valence-electron chi connectivity index (χ2n) is 2.97. The molecule has 4 N–H and O–H groups in total. The number of nitrogens with one attached hydrogen (secondary N) is 2. The summed E-state index contributed by atoms with van der Waals surface area (Å²) in [6, 6.07) is 0.287. The van der Waals surface area contributed by atoms with Gasteiger partial charge in [0.15, 0.2) is 0 Å². The second-order valence-corrected chi connectivity index (χ2v) is 2.97. The topological polar surface area (TPSA) is 67.2 Å². The van der Waals surface area contributed by atoms with E-state index in [2.05, 4.69) is 10.6 Å². The van der Waals surface area contributed by atoms with E-state index in [9.17, 15) is 4.79 Å². The molecule has 0 heterocycles. The predicted molar refractivity (Wildman–Crippen MR) is 53.8 cm³/mol. The van der Waals surface area contributed by atoms with Crippen LogP contribution in [0.2, 0.25) is 0 Å². The van der Waals surface area contributed by atoms with Crippen molar-refractivity contribution in [3.05, 3.63) is 11.9 Å². The number of nitrogens with two attached hydrogens (primary N) is 1. The Balaban J connectivity index is 3.54. The summed E-state index contributed by atoms with van der Waals surface area (Å²) in [6.45, 7) is 4.74.